The van der Waals surface area contributed by atoms with Gasteiger partial charge in [-0.3, -0.25) is 4.79 Å². The predicted molar refractivity (Wildman–Crippen MR) is 72.9 cm³/mol. The SMILES string of the molecule is CC(C)N1C(=O)CCCC(N)C1c1cccc(F)c1. The average molecular weight is 264 g/mol. The van der Waals surface area contributed by atoms with E-state index in [1.807, 2.05) is 24.8 Å². The Morgan fingerprint density at radius 3 is 2.79 bits per heavy atom. The minimum atomic E-state index is -0.287. The van der Waals surface area contributed by atoms with Crippen LogP contribution < -0.4 is 5.73 Å². The van der Waals surface area contributed by atoms with Crippen molar-refractivity contribution >= 4 is 5.91 Å². The molecule has 1 aliphatic heterocycles. The third kappa shape index (κ3) is 2.95. The normalized spacial score (nSPS) is 24.7. The average Bonchev–Trinajstić information content (AvgIpc) is 2.48. The van der Waals surface area contributed by atoms with Gasteiger partial charge in [0.15, 0.2) is 0 Å². The summed E-state index contributed by atoms with van der Waals surface area (Å²) in [6, 6.07) is 6.10. The van der Waals surface area contributed by atoms with E-state index >= 15 is 0 Å². The summed E-state index contributed by atoms with van der Waals surface area (Å²) in [6.07, 6.45) is 2.11. The Morgan fingerprint density at radius 1 is 1.42 bits per heavy atom. The van der Waals surface area contributed by atoms with Crippen LogP contribution in [0.2, 0.25) is 0 Å². The molecule has 0 aromatic heterocycles. The topological polar surface area (TPSA) is 46.3 Å². The molecule has 1 aromatic carbocycles. The molecule has 1 aromatic rings. The quantitative estimate of drug-likeness (QED) is 0.892. The first-order valence-corrected chi connectivity index (χ1v) is 6.83. The molecular weight excluding hydrogens is 243 g/mol. The van der Waals surface area contributed by atoms with E-state index in [2.05, 4.69) is 0 Å². The van der Waals surface area contributed by atoms with Crippen LogP contribution in [-0.4, -0.2) is 22.9 Å². The predicted octanol–water partition coefficient (Wildman–Crippen LogP) is 2.62. The highest BCUT2D eigenvalue weighted by atomic mass is 19.1. The van der Waals surface area contributed by atoms with E-state index < -0.39 is 0 Å². The molecule has 2 atom stereocenters. The summed E-state index contributed by atoms with van der Waals surface area (Å²) in [5, 5.41) is 0. The van der Waals surface area contributed by atoms with E-state index in [0.29, 0.717) is 6.42 Å². The van der Waals surface area contributed by atoms with E-state index in [-0.39, 0.29) is 29.8 Å². The van der Waals surface area contributed by atoms with Crippen molar-refractivity contribution in [2.75, 3.05) is 0 Å². The van der Waals surface area contributed by atoms with Crippen molar-refractivity contribution < 1.29 is 9.18 Å². The summed E-state index contributed by atoms with van der Waals surface area (Å²) in [6.45, 7) is 3.95. The van der Waals surface area contributed by atoms with Gasteiger partial charge in [0.1, 0.15) is 5.82 Å². The Hall–Kier alpha value is -1.42. The highest BCUT2D eigenvalue weighted by Crippen LogP contribution is 2.31. The van der Waals surface area contributed by atoms with E-state index in [0.717, 1.165) is 18.4 Å². The monoisotopic (exact) mass is 264 g/mol. The Labute approximate surface area is 113 Å². The number of amides is 1. The summed E-state index contributed by atoms with van der Waals surface area (Å²) in [5.41, 5.74) is 7.02. The summed E-state index contributed by atoms with van der Waals surface area (Å²) >= 11 is 0. The molecule has 19 heavy (non-hydrogen) atoms. The van der Waals surface area contributed by atoms with Crippen LogP contribution in [0.25, 0.3) is 0 Å². The zero-order chi connectivity index (χ0) is 14.0. The number of hydrogen-bond donors (Lipinski definition) is 1. The number of halogens is 1. The van der Waals surface area contributed by atoms with Crippen LogP contribution in [-0.2, 0) is 4.79 Å². The molecule has 2 rings (SSSR count). The molecule has 0 saturated carbocycles. The lowest BCUT2D eigenvalue weighted by Crippen LogP contribution is -2.45. The van der Waals surface area contributed by atoms with Crippen LogP contribution in [0.3, 0.4) is 0 Å². The van der Waals surface area contributed by atoms with E-state index in [1.165, 1.54) is 12.1 Å². The van der Waals surface area contributed by atoms with Crippen molar-refractivity contribution in [3.63, 3.8) is 0 Å². The van der Waals surface area contributed by atoms with Crippen LogP contribution in [0.1, 0.15) is 44.7 Å². The van der Waals surface area contributed by atoms with E-state index in [9.17, 15) is 9.18 Å². The van der Waals surface area contributed by atoms with Gasteiger partial charge in [-0.15, -0.1) is 0 Å². The minimum absolute atomic E-state index is 0.0601. The van der Waals surface area contributed by atoms with Gasteiger partial charge < -0.3 is 10.6 Å². The number of hydrogen-bond acceptors (Lipinski definition) is 2. The van der Waals surface area contributed by atoms with Gasteiger partial charge in [0, 0.05) is 18.5 Å². The lowest BCUT2D eigenvalue weighted by atomic mass is 9.95. The molecule has 2 unspecified atom stereocenters. The van der Waals surface area contributed by atoms with Crippen LogP contribution in [0.15, 0.2) is 24.3 Å². The van der Waals surface area contributed by atoms with Gasteiger partial charge in [-0.05, 0) is 44.4 Å². The van der Waals surface area contributed by atoms with Crippen molar-refractivity contribution in [2.24, 2.45) is 5.73 Å². The van der Waals surface area contributed by atoms with Crippen LogP contribution in [0.5, 0.6) is 0 Å². The molecule has 4 heteroatoms. The maximum Gasteiger partial charge on any atom is 0.223 e. The number of carbonyl (C=O) groups excluding carboxylic acids is 1. The van der Waals surface area contributed by atoms with Crippen LogP contribution >= 0.6 is 0 Å². The molecule has 0 spiro atoms. The smallest absolute Gasteiger partial charge is 0.223 e. The number of benzene rings is 1. The Kier molecular flexibility index (Phi) is 4.20. The summed E-state index contributed by atoms with van der Waals surface area (Å²) in [4.78, 5) is 14.1. The fraction of sp³-hybridized carbons (Fsp3) is 0.533. The molecule has 0 radical (unpaired) electrons. The fourth-order valence-corrected chi connectivity index (χ4v) is 2.84. The third-order valence-corrected chi connectivity index (χ3v) is 3.67. The second-order valence-corrected chi connectivity index (χ2v) is 5.45. The van der Waals surface area contributed by atoms with E-state index in [4.69, 9.17) is 5.73 Å². The maximum atomic E-state index is 13.4. The van der Waals surface area contributed by atoms with Gasteiger partial charge in [0.2, 0.25) is 5.91 Å². The third-order valence-electron chi connectivity index (χ3n) is 3.67. The lowest BCUT2D eigenvalue weighted by Gasteiger charge is -2.37. The highest BCUT2D eigenvalue weighted by molar-refractivity contribution is 5.77. The first kappa shape index (κ1) is 14.0. The Balaban J connectivity index is 2.43. The molecule has 1 aliphatic rings. The van der Waals surface area contributed by atoms with Crippen molar-refractivity contribution in [3.05, 3.63) is 35.6 Å². The molecule has 2 N–H and O–H groups in total. The van der Waals surface area contributed by atoms with Crippen molar-refractivity contribution in [3.8, 4) is 0 Å². The summed E-state index contributed by atoms with van der Waals surface area (Å²) in [7, 11) is 0. The van der Waals surface area contributed by atoms with Gasteiger partial charge in [0.25, 0.3) is 0 Å². The second kappa shape index (κ2) is 5.70. The van der Waals surface area contributed by atoms with E-state index in [1.54, 1.807) is 6.07 Å². The second-order valence-electron chi connectivity index (χ2n) is 5.45. The van der Waals surface area contributed by atoms with Crippen LogP contribution in [0.4, 0.5) is 4.39 Å². The summed E-state index contributed by atoms with van der Waals surface area (Å²) < 4.78 is 13.4. The number of rotatable bonds is 2. The molecule has 1 amide bonds. The first-order valence-electron chi connectivity index (χ1n) is 6.83. The molecular formula is C15H21FN2O. The number of likely N-dealkylation sites (tertiary alicyclic amines) is 1. The molecule has 0 bridgehead atoms. The standard InChI is InChI=1S/C15H21FN2O/c1-10(2)18-14(19)8-4-7-13(17)15(18)11-5-3-6-12(16)9-11/h3,5-6,9-10,13,15H,4,7-8,17H2,1-2H3. The first-order chi connectivity index (χ1) is 9.00. The molecule has 3 nitrogen and oxygen atoms in total. The minimum Gasteiger partial charge on any atom is -0.332 e. The van der Waals surface area contributed by atoms with Gasteiger partial charge in [0.05, 0.1) is 6.04 Å². The largest absolute Gasteiger partial charge is 0.332 e. The van der Waals surface area contributed by atoms with Gasteiger partial charge in [-0.1, -0.05) is 12.1 Å². The Morgan fingerprint density at radius 2 is 2.16 bits per heavy atom. The molecule has 1 fully saturated rings. The number of nitrogens with zero attached hydrogens (tertiary/aromatic N) is 1. The van der Waals surface area contributed by atoms with Crippen molar-refractivity contribution in [2.45, 2.75) is 51.2 Å². The number of carbonyl (C=O) groups is 1. The van der Waals surface area contributed by atoms with Crippen molar-refractivity contribution in [1.82, 2.24) is 4.90 Å². The van der Waals surface area contributed by atoms with Crippen molar-refractivity contribution in [1.29, 1.82) is 0 Å². The van der Waals surface area contributed by atoms with Crippen LogP contribution in [0, 0.1) is 5.82 Å². The van der Waals surface area contributed by atoms with Gasteiger partial charge in [-0.25, -0.2) is 4.39 Å². The zero-order valence-electron chi connectivity index (χ0n) is 11.5. The van der Waals surface area contributed by atoms with Gasteiger partial charge >= 0.3 is 0 Å². The highest BCUT2D eigenvalue weighted by Gasteiger charge is 2.34. The molecule has 104 valence electrons. The fourth-order valence-electron chi connectivity index (χ4n) is 2.84. The molecule has 0 aliphatic carbocycles. The maximum absolute atomic E-state index is 13.4. The molecule has 1 saturated heterocycles. The number of nitrogens with two attached hydrogens (primary N) is 1. The zero-order valence-corrected chi connectivity index (χ0v) is 11.5. The van der Waals surface area contributed by atoms with Gasteiger partial charge in [-0.2, -0.15) is 0 Å². The summed E-state index contributed by atoms with van der Waals surface area (Å²) in [5.74, 6) is -0.178. The lowest BCUT2D eigenvalue weighted by molar-refractivity contribution is -0.135. The molecule has 1 heterocycles. The Bertz CT molecular complexity index is 461.